The van der Waals surface area contributed by atoms with E-state index in [1.165, 1.54) is 96.3 Å². The van der Waals surface area contributed by atoms with Crippen LogP contribution in [0.5, 0.6) is 0 Å². The monoisotopic (exact) mass is 1030 g/mol. The van der Waals surface area contributed by atoms with E-state index in [1.54, 1.807) is 6.08 Å². The summed E-state index contributed by atoms with van der Waals surface area (Å²) in [4.78, 5) is 13.0. The lowest BCUT2D eigenvalue weighted by Gasteiger charge is -2.40. The zero-order valence-electron chi connectivity index (χ0n) is 46.8. The lowest BCUT2D eigenvalue weighted by Crippen LogP contribution is -2.60. The summed E-state index contributed by atoms with van der Waals surface area (Å²) in [6.45, 7) is 3.65. The molecule has 6 N–H and O–H groups in total. The molecule has 0 saturated carbocycles. The van der Waals surface area contributed by atoms with Crippen LogP contribution in [0, 0.1) is 0 Å². The van der Waals surface area contributed by atoms with Crippen LogP contribution < -0.4 is 5.32 Å². The van der Waals surface area contributed by atoms with Gasteiger partial charge in [0.2, 0.25) is 5.91 Å². The molecule has 1 heterocycles. The van der Waals surface area contributed by atoms with E-state index in [4.69, 9.17) is 9.47 Å². The molecule has 9 nitrogen and oxygen atoms in total. The summed E-state index contributed by atoms with van der Waals surface area (Å²) in [5.41, 5.74) is 0. The van der Waals surface area contributed by atoms with E-state index in [2.05, 4.69) is 129 Å². The largest absolute Gasteiger partial charge is 0.394 e. The van der Waals surface area contributed by atoms with Crippen molar-refractivity contribution in [3.05, 3.63) is 122 Å². The molecule has 0 aromatic heterocycles. The predicted octanol–water partition coefficient (Wildman–Crippen LogP) is 15.1. The van der Waals surface area contributed by atoms with Crippen molar-refractivity contribution < 1.29 is 39.8 Å². The number of aliphatic hydroxyl groups excluding tert-OH is 5. The Bertz CT molecular complexity index is 1570. The Morgan fingerprint density at radius 1 is 0.473 bits per heavy atom. The van der Waals surface area contributed by atoms with Crippen LogP contribution in [0.25, 0.3) is 0 Å². The molecule has 1 saturated heterocycles. The maximum absolute atomic E-state index is 13.0. The highest BCUT2D eigenvalue weighted by Crippen LogP contribution is 2.23. The fraction of sp³-hybridized carbons (Fsp3) is 0.677. The first kappa shape index (κ1) is 68.6. The Morgan fingerprint density at radius 3 is 1.24 bits per heavy atom. The molecule has 0 aliphatic carbocycles. The van der Waals surface area contributed by atoms with Crippen LogP contribution in [-0.4, -0.2) is 87.5 Å². The quantitative estimate of drug-likeness (QED) is 0.0261. The van der Waals surface area contributed by atoms with Crippen LogP contribution in [0.2, 0.25) is 0 Å². The molecule has 7 unspecified atom stereocenters. The van der Waals surface area contributed by atoms with Gasteiger partial charge in [0.25, 0.3) is 0 Å². The van der Waals surface area contributed by atoms with Gasteiger partial charge in [0.05, 0.1) is 25.4 Å². The molecule has 1 aliphatic rings. The molecule has 0 spiro atoms. The second kappa shape index (κ2) is 53.0. The number of rotatable bonds is 49. The first-order valence-electron chi connectivity index (χ1n) is 29.8. The van der Waals surface area contributed by atoms with Gasteiger partial charge < -0.3 is 40.3 Å². The first-order chi connectivity index (χ1) is 36.3. The number of ether oxygens (including phenoxy) is 2. The van der Waals surface area contributed by atoms with E-state index in [1.807, 2.05) is 6.08 Å². The maximum atomic E-state index is 13.0. The van der Waals surface area contributed by atoms with Crippen molar-refractivity contribution in [3.8, 4) is 0 Å². The Labute approximate surface area is 452 Å². The van der Waals surface area contributed by atoms with E-state index in [0.717, 1.165) is 109 Å². The predicted molar refractivity (Wildman–Crippen MR) is 313 cm³/mol. The zero-order chi connectivity index (χ0) is 53.6. The van der Waals surface area contributed by atoms with Gasteiger partial charge in [0.1, 0.15) is 24.4 Å². The van der Waals surface area contributed by atoms with E-state index in [9.17, 15) is 30.3 Å². The van der Waals surface area contributed by atoms with Gasteiger partial charge in [-0.25, -0.2) is 0 Å². The van der Waals surface area contributed by atoms with Gasteiger partial charge in [0.15, 0.2) is 6.29 Å². The standard InChI is InChI=1S/C65H109NO8/c1-3-5-7-9-11-13-15-17-19-20-21-22-23-24-25-26-27-28-29-30-31-32-33-34-35-36-37-38-39-40-41-43-45-47-49-51-53-55-61(69)66-58(57-73-65-64(72)63(71)62(70)60(56-67)74-65)59(68)54-52-50-48-46-44-42-18-16-14-12-10-8-6-4-2/h5,7,11,13,17,19,21-22,24-25,27-28,30-31,33-34,36-37,52,54,58-60,62-65,67-68,70-72H,3-4,6,8-10,12,14-16,18,20,23,26,29,32,35,38-51,53,55-57H2,1-2H3,(H,66,69)/b7-5-,13-11-,19-17-,22-21-,25-24-,28-27-,31-30-,34-33-,37-36-,54-52+. The molecular formula is C65H109NO8. The first-order valence-corrected chi connectivity index (χ1v) is 29.8. The molecule has 0 aromatic carbocycles. The number of amides is 1. The molecule has 7 atom stereocenters. The number of unbranched alkanes of at least 4 members (excludes halogenated alkanes) is 21. The third-order valence-electron chi connectivity index (χ3n) is 13.3. The molecule has 9 heteroatoms. The highest BCUT2D eigenvalue weighted by molar-refractivity contribution is 5.76. The lowest BCUT2D eigenvalue weighted by atomic mass is 9.99. The average Bonchev–Trinajstić information content (AvgIpc) is 3.40. The summed E-state index contributed by atoms with van der Waals surface area (Å²) >= 11 is 0. The summed E-state index contributed by atoms with van der Waals surface area (Å²) < 4.78 is 11.3. The molecule has 74 heavy (non-hydrogen) atoms. The lowest BCUT2D eigenvalue weighted by molar-refractivity contribution is -0.302. The van der Waals surface area contributed by atoms with Crippen molar-refractivity contribution in [2.24, 2.45) is 0 Å². The number of carbonyl (C=O) groups excluding carboxylic acids is 1. The smallest absolute Gasteiger partial charge is 0.220 e. The second-order valence-electron chi connectivity index (χ2n) is 20.1. The second-order valence-corrected chi connectivity index (χ2v) is 20.1. The zero-order valence-corrected chi connectivity index (χ0v) is 46.8. The molecule has 1 rings (SSSR count). The fourth-order valence-electron chi connectivity index (χ4n) is 8.62. The third kappa shape index (κ3) is 41.8. The molecule has 1 amide bonds. The van der Waals surface area contributed by atoms with E-state index in [0.29, 0.717) is 6.42 Å². The number of aliphatic hydroxyl groups is 5. The number of carbonyl (C=O) groups is 1. The van der Waals surface area contributed by atoms with Gasteiger partial charge in [-0.2, -0.15) is 0 Å². The minimum atomic E-state index is -1.57. The van der Waals surface area contributed by atoms with Crippen molar-refractivity contribution in [2.45, 2.75) is 269 Å². The normalized spacial score (nSPS) is 19.9. The van der Waals surface area contributed by atoms with Gasteiger partial charge in [-0.05, 0) is 89.9 Å². The SMILES string of the molecule is CC/C=C\C/C=C\C/C=C\C/C=C\C/C=C\C/C=C\C/C=C\C/C=C\C/C=C\CCCCCCCCCCCC(=O)NC(COC1OC(CO)C(O)C(O)C1O)C(O)/C=C/CCCCCCCCCCCCCC. The van der Waals surface area contributed by atoms with Crippen molar-refractivity contribution in [1.29, 1.82) is 0 Å². The number of hydrogen-bond acceptors (Lipinski definition) is 8. The summed E-state index contributed by atoms with van der Waals surface area (Å²) in [5, 5.41) is 54.4. The molecule has 0 bridgehead atoms. The average molecular weight is 1030 g/mol. The van der Waals surface area contributed by atoms with E-state index >= 15 is 0 Å². The molecule has 0 radical (unpaired) electrons. The highest BCUT2D eigenvalue weighted by Gasteiger charge is 2.44. The molecular weight excluding hydrogens is 923 g/mol. The highest BCUT2D eigenvalue weighted by atomic mass is 16.7. The van der Waals surface area contributed by atoms with Crippen LogP contribution in [0.3, 0.4) is 0 Å². The Morgan fingerprint density at radius 2 is 0.838 bits per heavy atom. The number of nitrogens with one attached hydrogen (secondary N) is 1. The van der Waals surface area contributed by atoms with E-state index < -0.39 is 49.5 Å². The van der Waals surface area contributed by atoms with Crippen LogP contribution in [0.15, 0.2) is 122 Å². The van der Waals surface area contributed by atoms with Crippen molar-refractivity contribution in [1.82, 2.24) is 5.32 Å². The summed E-state index contributed by atoms with van der Waals surface area (Å²) in [6, 6.07) is -0.816. The van der Waals surface area contributed by atoms with Crippen molar-refractivity contribution in [3.63, 3.8) is 0 Å². The Balaban J connectivity index is 2.17. The Hall–Kier alpha value is -3.41. The van der Waals surface area contributed by atoms with Crippen LogP contribution in [0.4, 0.5) is 0 Å². The number of allylic oxidation sites excluding steroid dienone is 19. The van der Waals surface area contributed by atoms with Crippen molar-refractivity contribution in [2.75, 3.05) is 13.2 Å². The minimum absolute atomic E-state index is 0.188. The molecule has 1 aliphatic heterocycles. The van der Waals surface area contributed by atoms with Gasteiger partial charge >= 0.3 is 0 Å². The minimum Gasteiger partial charge on any atom is -0.394 e. The van der Waals surface area contributed by atoms with Crippen molar-refractivity contribution >= 4 is 5.91 Å². The van der Waals surface area contributed by atoms with Gasteiger partial charge in [-0.1, -0.05) is 251 Å². The summed E-state index contributed by atoms with van der Waals surface area (Å²) in [5.74, 6) is -0.188. The summed E-state index contributed by atoms with van der Waals surface area (Å²) in [7, 11) is 0. The van der Waals surface area contributed by atoms with Crippen LogP contribution in [-0.2, 0) is 14.3 Å². The molecule has 422 valence electrons. The number of hydrogen-bond donors (Lipinski definition) is 6. The molecule has 0 aromatic rings. The fourth-order valence-corrected chi connectivity index (χ4v) is 8.62. The summed E-state index contributed by atoms with van der Waals surface area (Å²) in [6.07, 6.45) is 72.6. The van der Waals surface area contributed by atoms with Gasteiger partial charge in [0, 0.05) is 6.42 Å². The van der Waals surface area contributed by atoms with Crippen LogP contribution >= 0.6 is 0 Å². The molecule has 1 fully saturated rings. The van der Waals surface area contributed by atoms with Gasteiger partial charge in [-0.3, -0.25) is 4.79 Å². The Kier molecular flexibility index (Phi) is 49.1. The van der Waals surface area contributed by atoms with Gasteiger partial charge in [-0.15, -0.1) is 0 Å². The topological polar surface area (TPSA) is 149 Å². The maximum Gasteiger partial charge on any atom is 0.220 e. The van der Waals surface area contributed by atoms with E-state index in [-0.39, 0.29) is 12.5 Å². The van der Waals surface area contributed by atoms with Crippen LogP contribution in [0.1, 0.15) is 226 Å². The third-order valence-corrected chi connectivity index (χ3v) is 13.3.